The van der Waals surface area contributed by atoms with E-state index >= 15 is 0 Å². The summed E-state index contributed by atoms with van der Waals surface area (Å²) in [4.78, 5) is 0. The number of hydrogen-bond acceptors (Lipinski definition) is 1. The smallest absolute Gasteiger partial charge is 0.0998 e. The maximum Gasteiger partial charge on any atom is 0.0998 e. The van der Waals surface area contributed by atoms with E-state index in [2.05, 4.69) is 39.0 Å². The van der Waals surface area contributed by atoms with Gasteiger partial charge < -0.3 is 0 Å². The molecule has 2 aromatic rings. The zero-order valence-electron chi connectivity index (χ0n) is 10.4. The summed E-state index contributed by atoms with van der Waals surface area (Å²) in [6, 6.07) is 14.4. The van der Waals surface area contributed by atoms with Gasteiger partial charge in [0.1, 0.15) is 0 Å². The number of benzene rings is 2. The summed E-state index contributed by atoms with van der Waals surface area (Å²) in [6.07, 6.45) is 0. The lowest BCUT2D eigenvalue weighted by Crippen LogP contribution is -1.92. The molecule has 0 unspecified atom stereocenters. The molecule has 0 saturated carbocycles. The summed E-state index contributed by atoms with van der Waals surface area (Å²) >= 11 is 0. The molecular weight excluding hydrogens is 206 g/mol. The number of nitriles is 1. The number of rotatable bonds is 1. The lowest BCUT2D eigenvalue weighted by Gasteiger charge is -2.12. The van der Waals surface area contributed by atoms with Gasteiger partial charge in [0.25, 0.3) is 0 Å². The Kier molecular flexibility index (Phi) is 2.97. The zero-order valence-corrected chi connectivity index (χ0v) is 10.4. The van der Waals surface area contributed by atoms with Crippen molar-refractivity contribution in [3.8, 4) is 17.2 Å². The standard InChI is InChI=1S/C16H15N/c1-11-8-12(2)16(13(3)9-11)15-7-5-4-6-14(15)10-17/h4-9H,1-3H3. The molecule has 2 aromatic carbocycles. The molecule has 0 atom stereocenters. The molecule has 0 bridgehead atoms. The predicted octanol–water partition coefficient (Wildman–Crippen LogP) is 4.15. The minimum Gasteiger partial charge on any atom is -0.192 e. The monoisotopic (exact) mass is 221 g/mol. The second-order valence-electron chi connectivity index (χ2n) is 4.43. The van der Waals surface area contributed by atoms with E-state index in [1.54, 1.807) is 0 Å². The van der Waals surface area contributed by atoms with E-state index in [1.807, 2.05) is 24.3 Å². The van der Waals surface area contributed by atoms with Crippen molar-refractivity contribution in [2.75, 3.05) is 0 Å². The number of hydrogen-bond donors (Lipinski definition) is 0. The molecule has 0 N–H and O–H groups in total. The molecule has 0 aliphatic carbocycles. The molecule has 0 saturated heterocycles. The quantitative estimate of drug-likeness (QED) is 0.709. The molecule has 0 heterocycles. The van der Waals surface area contributed by atoms with Gasteiger partial charge in [0, 0.05) is 0 Å². The third kappa shape index (κ3) is 2.07. The minimum atomic E-state index is 0.738. The SMILES string of the molecule is Cc1cc(C)c(-c2ccccc2C#N)c(C)c1. The molecular formula is C16H15N. The Labute approximate surface area is 102 Å². The number of nitrogens with zero attached hydrogens (tertiary/aromatic N) is 1. The van der Waals surface area contributed by atoms with Crippen molar-refractivity contribution < 1.29 is 0 Å². The molecule has 17 heavy (non-hydrogen) atoms. The van der Waals surface area contributed by atoms with E-state index in [0.717, 1.165) is 11.1 Å². The van der Waals surface area contributed by atoms with Gasteiger partial charge >= 0.3 is 0 Å². The average Bonchev–Trinajstić information content (AvgIpc) is 2.28. The van der Waals surface area contributed by atoms with Crippen LogP contribution in [0.15, 0.2) is 36.4 Å². The highest BCUT2D eigenvalue weighted by atomic mass is 14.2. The van der Waals surface area contributed by atoms with E-state index < -0.39 is 0 Å². The molecule has 0 radical (unpaired) electrons. The van der Waals surface area contributed by atoms with Crippen molar-refractivity contribution in [2.24, 2.45) is 0 Å². The van der Waals surface area contributed by atoms with Crippen LogP contribution >= 0.6 is 0 Å². The molecule has 0 spiro atoms. The van der Waals surface area contributed by atoms with Crippen LogP contribution in [0.1, 0.15) is 22.3 Å². The van der Waals surface area contributed by atoms with Crippen LogP contribution in [-0.4, -0.2) is 0 Å². The van der Waals surface area contributed by atoms with Gasteiger partial charge in [-0.2, -0.15) is 5.26 Å². The maximum absolute atomic E-state index is 9.17. The second kappa shape index (κ2) is 4.43. The molecule has 84 valence electrons. The molecule has 0 aliphatic rings. The Balaban J connectivity index is 2.74. The highest BCUT2D eigenvalue weighted by molar-refractivity contribution is 5.76. The Hall–Kier alpha value is -2.07. The predicted molar refractivity (Wildman–Crippen MR) is 70.8 cm³/mol. The van der Waals surface area contributed by atoms with Gasteiger partial charge in [-0.25, -0.2) is 0 Å². The van der Waals surface area contributed by atoms with Gasteiger partial charge in [-0.15, -0.1) is 0 Å². The molecule has 0 amide bonds. The van der Waals surface area contributed by atoms with Crippen molar-refractivity contribution in [2.45, 2.75) is 20.8 Å². The maximum atomic E-state index is 9.17. The number of aryl methyl sites for hydroxylation is 3. The van der Waals surface area contributed by atoms with Gasteiger partial charge in [0.15, 0.2) is 0 Å². The highest BCUT2D eigenvalue weighted by Crippen LogP contribution is 2.30. The topological polar surface area (TPSA) is 23.8 Å². The van der Waals surface area contributed by atoms with E-state index in [4.69, 9.17) is 5.26 Å². The van der Waals surface area contributed by atoms with Crippen LogP contribution in [0.2, 0.25) is 0 Å². The van der Waals surface area contributed by atoms with Crippen LogP contribution in [0.5, 0.6) is 0 Å². The van der Waals surface area contributed by atoms with Gasteiger partial charge in [0.05, 0.1) is 11.6 Å². The fraction of sp³-hybridized carbons (Fsp3) is 0.188. The van der Waals surface area contributed by atoms with Crippen LogP contribution in [0.4, 0.5) is 0 Å². The Bertz CT molecular complexity index is 580. The van der Waals surface area contributed by atoms with Crippen molar-refractivity contribution in [1.29, 1.82) is 5.26 Å². The lowest BCUT2D eigenvalue weighted by atomic mass is 9.91. The first-order valence-corrected chi connectivity index (χ1v) is 5.71. The molecule has 0 aromatic heterocycles. The molecule has 1 nitrogen and oxygen atoms in total. The van der Waals surface area contributed by atoms with Gasteiger partial charge in [-0.1, -0.05) is 35.9 Å². The van der Waals surface area contributed by atoms with E-state index in [1.165, 1.54) is 22.3 Å². The van der Waals surface area contributed by atoms with Crippen LogP contribution in [0.25, 0.3) is 11.1 Å². The van der Waals surface area contributed by atoms with Gasteiger partial charge in [-0.05, 0) is 49.1 Å². The van der Waals surface area contributed by atoms with Crippen molar-refractivity contribution in [3.63, 3.8) is 0 Å². The summed E-state index contributed by atoms with van der Waals surface area (Å²) in [5, 5.41) is 9.17. The van der Waals surface area contributed by atoms with Crippen molar-refractivity contribution in [3.05, 3.63) is 58.7 Å². The average molecular weight is 221 g/mol. The summed E-state index contributed by atoms with van der Waals surface area (Å²) in [5.41, 5.74) is 6.67. The Morgan fingerprint density at radius 1 is 0.941 bits per heavy atom. The van der Waals surface area contributed by atoms with Crippen LogP contribution in [-0.2, 0) is 0 Å². The molecule has 2 rings (SSSR count). The minimum absolute atomic E-state index is 0.738. The first-order valence-electron chi connectivity index (χ1n) is 5.71. The van der Waals surface area contributed by atoms with E-state index in [-0.39, 0.29) is 0 Å². The van der Waals surface area contributed by atoms with Crippen LogP contribution < -0.4 is 0 Å². The molecule has 0 fully saturated rings. The summed E-state index contributed by atoms with van der Waals surface area (Å²) in [5.74, 6) is 0. The lowest BCUT2D eigenvalue weighted by molar-refractivity contribution is 1.31. The molecule has 1 heteroatoms. The Morgan fingerprint density at radius 2 is 1.53 bits per heavy atom. The zero-order chi connectivity index (χ0) is 12.4. The first-order chi connectivity index (χ1) is 8.13. The van der Waals surface area contributed by atoms with Gasteiger partial charge in [-0.3, -0.25) is 0 Å². The third-order valence-corrected chi connectivity index (χ3v) is 2.99. The van der Waals surface area contributed by atoms with Crippen molar-refractivity contribution >= 4 is 0 Å². The van der Waals surface area contributed by atoms with Crippen LogP contribution in [0, 0.1) is 32.1 Å². The largest absolute Gasteiger partial charge is 0.192 e. The van der Waals surface area contributed by atoms with Crippen molar-refractivity contribution in [1.82, 2.24) is 0 Å². The fourth-order valence-electron chi connectivity index (χ4n) is 2.40. The Morgan fingerprint density at radius 3 is 2.12 bits per heavy atom. The molecule has 0 aliphatic heterocycles. The summed E-state index contributed by atoms with van der Waals surface area (Å²) in [6.45, 7) is 6.30. The fourth-order valence-corrected chi connectivity index (χ4v) is 2.40. The highest BCUT2D eigenvalue weighted by Gasteiger charge is 2.09. The summed E-state index contributed by atoms with van der Waals surface area (Å²) in [7, 11) is 0. The van der Waals surface area contributed by atoms with E-state index in [0.29, 0.717) is 0 Å². The first kappa shape index (κ1) is 11.4. The second-order valence-corrected chi connectivity index (χ2v) is 4.43. The van der Waals surface area contributed by atoms with E-state index in [9.17, 15) is 0 Å². The van der Waals surface area contributed by atoms with Crippen LogP contribution in [0.3, 0.4) is 0 Å². The van der Waals surface area contributed by atoms with Gasteiger partial charge in [0.2, 0.25) is 0 Å². The summed E-state index contributed by atoms with van der Waals surface area (Å²) < 4.78 is 0. The third-order valence-electron chi connectivity index (χ3n) is 2.99. The normalized spacial score (nSPS) is 10.0.